The molecule has 1 aromatic rings. The van der Waals surface area contributed by atoms with E-state index in [0.29, 0.717) is 30.1 Å². The second-order valence-electron chi connectivity index (χ2n) is 4.94. The van der Waals surface area contributed by atoms with Gasteiger partial charge in [0.1, 0.15) is 0 Å². The van der Waals surface area contributed by atoms with Crippen molar-refractivity contribution in [2.75, 3.05) is 19.8 Å². The highest BCUT2D eigenvalue weighted by atomic mass is 79.9. The number of ether oxygens (including phenoxy) is 1. The Hall–Kier alpha value is 0.0500. The van der Waals surface area contributed by atoms with Gasteiger partial charge in [-0.05, 0) is 59.3 Å². The monoisotopic (exact) mass is 425 g/mol. The van der Waals surface area contributed by atoms with Crippen LogP contribution in [-0.2, 0) is 14.8 Å². The van der Waals surface area contributed by atoms with Gasteiger partial charge >= 0.3 is 0 Å². The first-order valence-electron chi connectivity index (χ1n) is 6.43. The van der Waals surface area contributed by atoms with Crippen molar-refractivity contribution >= 4 is 41.9 Å². The Kier molecular flexibility index (Phi) is 5.64. The van der Waals surface area contributed by atoms with Gasteiger partial charge in [0.15, 0.2) is 0 Å². The molecular formula is C13H17Br2NO3S. The van der Waals surface area contributed by atoms with Crippen LogP contribution in [0, 0.1) is 12.8 Å². The van der Waals surface area contributed by atoms with E-state index >= 15 is 0 Å². The topological polar surface area (TPSA) is 55.4 Å². The summed E-state index contributed by atoms with van der Waals surface area (Å²) in [6, 6.07) is 3.43. The standard InChI is InChI=1S/C13H17Br2NO3S/c1-9-6-12(15)13(7-11(9)14)20(17,18)16-8-10-2-4-19-5-3-10/h6-7,10,16H,2-5,8H2,1H3. The minimum atomic E-state index is -3.50. The number of hydrogen-bond donors (Lipinski definition) is 1. The largest absolute Gasteiger partial charge is 0.381 e. The van der Waals surface area contributed by atoms with E-state index in [1.165, 1.54) is 0 Å². The summed E-state index contributed by atoms with van der Waals surface area (Å²) in [6.45, 7) is 3.81. The molecule has 1 aliphatic rings. The summed E-state index contributed by atoms with van der Waals surface area (Å²) in [6.07, 6.45) is 1.81. The quantitative estimate of drug-likeness (QED) is 0.803. The molecule has 1 saturated heterocycles. The zero-order chi connectivity index (χ0) is 14.8. The van der Waals surface area contributed by atoms with Crippen LogP contribution in [0.1, 0.15) is 18.4 Å². The molecule has 0 aromatic heterocycles. The SMILES string of the molecule is Cc1cc(Br)c(S(=O)(=O)NCC2CCOCC2)cc1Br. The Morgan fingerprint density at radius 3 is 2.55 bits per heavy atom. The van der Waals surface area contributed by atoms with E-state index in [2.05, 4.69) is 36.6 Å². The Morgan fingerprint density at radius 2 is 1.90 bits per heavy atom. The van der Waals surface area contributed by atoms with Gasteiger partial charge in [-0.15, -0.1) is 0 Å². The minimum absolute atomic E-state index is 0.266. The van der Waals surface area contributed by atoms with Gasteiger partial charge in [0.05, 0.1) is 4.90 Å². The lowest BCUT2D eigenvalue weighted by atomic mass is 10.0. The molecule has 0 bridgehead atoms. The Bertz CT molecular complexity index is 584. The average molecular weight is 427 g/mol. The molecule has 1 fully saturated rings. The van der Waals surface area contributed by atoms with Crippen molar-refractivity contribution in [1.82, 2.24) is 4.72 Å². The van der Waals surface area contributed by atoms with E-state index in [4.69, 9.17) is 4.74 Å². The van der Waals surface area contributed by atoms with Crippen molar-refractivity contribution in [3.05, 3.63) is 26.6 Å². The predicted octanol–water partition coefficient (Wildman–Crippen LogP) is 3.22. The van der Waals surface area contributed by atoms with E-state index in [0.717, 1.165) is 22.9 Å². The molecule has 1 heterocycles. The smallest absolute Gasteiger partial charge is 0.241 e. The highest BCUT2D eigenvalue weighted by Crippen LogP contribution is 2.29. The molecule has 1 aliphatic heterocycles. The molecule has 7 heteroatoms. The Balaban J connectivity index is 2.11. The normalized spacial score (nSPS) is 17.4. The van der Waals surface area contributed by atoms with Crippen LogP contribution >= 0.6 is 31.9 Å². The van der Waals surface area contributed by atoms with Crippen molar-refractivity contribution in [2.45, 2.75) is 24.7 Å². The van der Waals surface area contributed by atoms with E-state index in [1.54, 1.807) is 12.1 Å². The van der Waals surface area contributed by atoms with Gasteiger partial charge in [-0.2, -0.15) is 0 Å². The fourth-order valence-corrected chi connectivity index (χ4v) is 4.88. The van der Waals surface area contributed by atoms with Gasteiger partial charge in [-0.1, -0.05) is 15.9 Å². The molecule has 0 atom stereocenters. The lowest BCUT2D eigenvalue weighted by molar-refractivity contribution is 0.0678. The van der Waals surface area contributed by atoms with Gasteiger partial charge in [-0.3, -0.25) is 0 Å². The third-order valence-electron chi connectivity index (χ3n) is 3.41. The van der Waals surface area contributed by atoms with Crippen molar-refractivity contribution in [1.29, 1.82) is 0 Å². The summed E-state index contributed by atoms with van der Waals surface area (Å²) in [5.41, 5.74) is 0.986. The molecule has 0 radical (unpaired) electrons. The zero-order valence-electron chi connectivity index (χ0n) is 11.2. The number of benzene rings is 1. The molecular weight excluding hydrogens is 410 g/mol. The molecule has 1 N–H and O–H groups in total. The fourth-order valence-electron chi connectivity index (χ4n) is 2.09. The molecule has 2 rings (SSSR count). The summed E-state index contributed by atoms with van der Waals surface area (Å²) in [5.74, 6) is 0.353. The first kappa shape index (κ1) is 16.4. The second-order valence-corrected chi connectivity index (χ2v) is 8.38. The van der Waals surface area contributed by atoms with Crippen LogP contribution in [0.15, 0.2) is 26.0 Å². The number of hydrogen-bond acceptors (Lipinski definition) is 3. The maximum absolute atomic E-state index is 12.4. The summed E-state index contributed by atoms with van der Waals surface area (Å²) < 4.78 is 34.1. The van der Waals surface area contributed by atoms with Crippen molar-refractivity contribution in [2.24, 2.45) is 5.92 Å². The fraction of sp³-hybridized carbons (Fsp3) is 0.538. The lowest BCUT2D eigenvalue weighted by Crippen LogP contribution is -2.32. The van der Waals surface area contributed by atoms with Crippen LogP contribution in [-0.4, -0.2) is 28.2 Å². The van der Waals surface area contributed by atoms with Crippen LogP contribution in [0.5, 0.6) is 0 Å². The lowest BCUT2D eigenvalue weighted by Gasteiger charge is -2.22. The highest BCUT2D eigenvalue weighted by molar-refractivity contribution is 9.11. The first-order chi connectivity index (χ1) is 9.40. The molecule has 0 amide bonds. The molecule has 0 saturated carbocycles. The minimum Gasteiger partial charge on any atom is -0.381 e. The van der Waals surface area contributed by atoms with E-state index in [9.17, 15) is 8.42 Å². The number of nitrogens with one attached hydrogen (secondary N) is 1. The van der Waals surface area contributed by atoms with Gasteiger partial charge in [0.25, 0.3) is 0 Å². The zero-order valence-corrected chi connectivity index (χ0v) is 15.1. The molecule has 0 spiro atoms. The number of halogens is 2. The number of sulfonamides is 1. The van der Waals surface area contributed by atoms with Crippen molar-refractivity contribution < 1.29 is 13.2 Å². The molecule has 4 nitrogen and oxygen atoms in total. The first-order valence-corrected chi connectivity index (χ1v) is 9.50. The molecule has 20 heavy (non-hydrogen) atoms. The molecule has 0 aliphatic carbocycles. The van der Waals surface area contributed by atoms with Crippen molar-refractivity contribution in [3.8, 4) is 0 Å². The van der Waals surface area contributed by atoms with Crippen molar-refractivity contribution in [3.63, 3.8) is 0 Å². The van der Waals surface area contributed by atoms with Crippen LogP contribution in [0.4, 0.5) is 0 Å². The Labute approximate surface area is 136 Å². The van der Waals surface area contributed by atoms with Crippen LogP contribution in [0.2, 0.25) is 0 Å². The molecule has 112 valence electrons. The third-order valence-corrected chi connectivity index (χ3v) is 6.64. The summed E-state index contributed by atoms with van der Waals surface area (Å²) in [4.78, 5) is 0.266. The number of rotatable bonds is 4. The number of aryl methyl sites for hydroxylation is 1. The van der Waals surface area contributed by atoms with E-state index < -0.39 is 10.0 Å². The Morgan fingerprint density at radius 1 is 1.25 bits per heavy atom. The summed E-state index contributed by atoms with van der Waals surface area (Å²) in [7, 11) is -3.50. The summed E-state index contributed by atoms with van der Waals surface area (Å²) >= 11 is 6.69. The highest BCUT2D eigenvalue weighted by Gasteiger charge is 2.21. The predicted molar refractivity (Wildman–Crippen MR) is 85.3 cm³/mol. The van der Waals surface area contributed by atoms with Crippen LogP contribution < -0.4 is 4.72 Å². The average Bonchev–Trinajstić information content (AvgIpc) is 2.42. The third kappa shape index (κ3) is 4.04. The maximum Gasteiger partial charge on any atom is 0.241 e. The van der Waals surface area contributed by atoms with E-state index in [-0.39, 0.29) is 4.90 Å². The van der Waals surface area contributed by atoms with Crippen LogP contribution in [0.25, 0.3) is 0 Å². The van der Waals surface area contributed by atoms with Crippen LogP contribution in [0.3, 0.4) is 0 Å². The van der Waals surface area contributed by atoms with Gasteiger partial charge in [0, 0.05) is 28.7 Å². The molecule has 0 unspecified atom stereocenters. The van der Waals surface area contributed by atoms with E-state index in [1.807, 2.05) is 6.92 Å². The molecule has 1 aromatic carbocycles. The second kappa shape index (κ2) is 6.87. The summed E-state index contributed by atoms with van der Waals surface area (Å²) in [5, 5.41) is 0. The van der Waals surface area contributed by atoms with Gasteiger partial charge in [0.2, 0.25) is 10.0 Å². The van der Waals surface area contributed by atoms with Gasteiger partial charge in [-0.25, -0.2) is 13.1 Å². The maximum atomic E-state index is 12.4. The van der Waals surface area contributed by atoms with Gasteiger partial charge < -0.3 is 4.74 Å².